The fraction of sp³-hybridized carbons (Fsp3) is 0.263. The molecule has 5 nitrogen and oxygen atoms in total. The Morgan fingerprint density at radius 3 is 2.80 bits per heavy atom. The van der Waals surface area contributed by atoms with Crippen LogP contribution in [0.5, 0.6) is 0 Å². The summed E-state index contributed by atoms with van der Waals surface area (Å²) in [5.74, 6) is 1.20. The number of aromatic nitrogens is 2. The molecule has 0 radical (unpaired) electrons. The Morgan fingerprint density at radius 1 is 1.20 bits per heavy atom. The summed E-state index contributed by atoms with van der Waals surface area (Å²) < 4.78 is 0. The van der Waals surface area contributed by atoms with Gasteiger partial charge in [-0.1, -0.05) is 23.7 Å². The molecule has 1 fully saturated rings. The molecule has 2 N–H and O–H groups in total. The minimum atomic E-state index is -0.0804. The number of imidazole rings is 1. The summed E-state index contributed by atoms with van der Waals surface area (Å²) in [5, 5.41) is 3.59. The summed E-state index contributed by atoms with van der Waals surface area (Å²) in [7, 11) is 0. The first-order valence-electron chi connectivity index (χ1n) is 8.45. The van der Waals surface area contributed by atoms with Gasteiger partial charge in [0.2, 0.25) is 0 Å². The van der Waals surface area contributed by atoms with Gasteiger partial charge in [0.15, 0.2) is 0 Å². The second kappa shape index (κ2) is 6.76. The number of anilines is 1. The summed E-state index contributed by atoms with van der Waals surface area (Å²) in [4.78, 5) is 22.5. The van der Waals surface area contributed by atoms with Gasteiger partial charge in [-0.25, -0.2) is 9.78 Å². The maximum atomic E-state index is 12.6. The number of para-hydroxylation sites is 2. The zero-order valence-corrected chi connectivity index (χ0v) is 14.5. The van der Waals surface area contributed by atoms with E-state index in [0.717, 1.165) is 41.9 Å². The van der Waals surface area contributed by atoms with Crippen LogP contribution in [0.4, 0.5) is 10.5 Å². The smallest absolute Gasteiger partial charge is 0.321 e. The lowest BCUT2D eigenvalue weighted by molar-refractivity contribution is 0.191. The van der Waals surface area contributed by atoms with Crippen LogP contribution in [0.3, 0.4) is 0 Å². The number of urea groups is 1. The summed E-state index contributed by atoms with van der Waals surface area (Å²) in [6.07, 6.45) is 2.00. The van der Waals surface area contributed by atoms with E-state index in [1.54, 1.807) is 24.3 Å². The van der Waals surface area contributed by atoms with Crippen molar-refractivity contribution >= 4 is 34.4 Å². The third-order valence-electron chi connectivity index (χ3n) is 4.60. The molecule has 1 aromatic heterocycles. The Bertz CT molecular complexity index is 857. The lowest BCUT2D eigenvalue weighted by atomic mass is 9.97. The van der Waals surface area contributed by atoms with E-state index in [4.69, 9.17) is 16.6 Å². The molecule has 0 saturated carbocycles. The van der Waals surface area contributed by atoms with Gasteiger partial charge in [0.25, 0.3) is 0 Å². The highest BCUT2D eigenvalue weighted by Gasteiger charge is 2.26. The van der Waals surface area contributed by atoms with E-state index in [1.165, 1.54) is 0 Å². The molecule has 1 atom stereocenters. The molecule has 0 unspecified atom stereocenters. The highest BCUT2D eigenvalue weighted by atomic mass is 35.5. The summed E-state index contributed by atoms with van der Waals surface area (Å²) in [6, 6.07) is 15.1. The number of benzene rings is 2. The number of hydrogen-bond donors (Lipinski definition) is 2. The van der Waals surface area contributed by atoms with Gasteiger partial charge in [-0.15, -0.1) is 0 Å². The zero-order chi connectivity index (χ0) is 17.2. The lowest BCUT2D eigenvalue weighted by Crippen LogP contribution is -2.41. The molecule has 2 heterocycles. The summed E-state index contributed by atoms with van der Waals surface area (Å²) in [5.41, 5.74) is 2.76. The van der Waals surface area contributed by atoms with Gasteiger partial charge in [0.05, 0.1) is 11.0 Å². The van der Waals surface area contributed by atoms with E-state index in [-0.39, 0.29) is 11.9 Å². The average Bonchev–Trinajstić information content (AvgIpc) is 3.08. The third kappa shape index (κ3) is 3.46. The first-order valence-corrected chi connectivity index (χ1v) is 8.83. The topological polar surface area (TPSA) is 61.0 Å². The van der Waals surface area contributed by atoms with Gasteiger partial charge in [-0.3, -0.25) is 0 Å². The van der Waals surface area contributed by atoms with Crippen LogP contribution in [0.1, 0.15) is 24.6 Å². The van der Waals surface area contributed by atoms with Crippen LogP contribution in [0.25, 0.3) is 11.0 Å². The summed E-state index contributed by atoms with van der Waals surface area (Å²) >= 11 is 5.88. The fourth-order valence-electron chi connectivity index (χ4n) is 3.29. The molecule has 0 bridgehead atoms. The third-order valence-corrected chi connectivity index (χ3v) is 4.85. The van der Waals surface area contributed by atoms with Gasteiger partial charge in [-0.2, -0.15) is 0 Å². The second-order valence-corrected chi connectivity index (χ2v) is 6.80. The molecule has 2 aromatic carbocycles. The number of hydrogen-bond acceptors (Lipinski definition) is 2. The van der Waals surface area contributed by atoms with Crippen LogP contribution >= 0.6 is 11.6 Å². The van der Waals surface area contributed by atoms with Crippen LogP contribution < -0.4 is 5.32 Å². The number of nitrogens with zero attached hydrogens (tertiary/aromatic N) is 2. The van der Waals surface area contributed by atoms with Gasteiger partial charge >= 0.3 is 6.03 Å². The van der Waals surface area contributed by atoms with Gasteiger partial charge in [0.1, 0.15) is 5.82 Å². The van der Waals surface area contributed by atoms with E-state index in [1.807, 2.05) is 29.2 Å². The van der Waals surface area contributed by atoms with E-state index in [9.17, 15) is 4.79 Å². The van der Waals surface area contributed by atoms with Gasteiger partial charge < -0.3 is 15.2 Å². The van der Waals surface area contributed by atoms with Crippen LogP contribution in [0.15, 0.2) is 48.5 Å². The van der Waals surface area contributed by atoms with Crippen molar-refractivity contribution in [3.63, 3.8) is 0 Å². The molecule has 6 heteroatoms. The number of amides is 2. The number of H-pyrrole nitrogens is 1. The second-order valence-electron chi connectivity index (χ2n) is 6.36. The van der Waals surface area contributed by atoms with Crippen LogP contribution in [-0.2, 0) is 0 Å². The van der Waals surface area contributed by atoms with Crippen LogP contribution in [0, 0.1) is 0 Å². The minimum absolute atomic E-state index is 0.0804. The normalized spacial score (nSPS) is 17.6. The number of nitrogens with one attached hydrogen (secondary N) is 2. The Kier molecular flexibility index (Phi) is 4.32. The minimum Gasteiger partial charge on any atom is -0.342 e. The molecule has 1 saturated heterocycles. The van der Waals surface area contributed by atoms with Crippen LogP contribution in [0.2, 0.25) is 5.02 Å². The number of carbonyl (C=O) groups is 1. The van der Waals surface area contributed by atoms with Crippen molar-refractivity contribution < 1.29 is 4.79 Å². The predicted molar refractivity (Wildman–Crippen MR) is 100 cm³/mol. The van der Waals surface area contributed by atoms with E-state index in [2.05, 4.69) is 10.3 Å². The number of fused-ring (bicyclic) bond motifs is 1. The summed E-state index contributed by atoms with van der Waals surface area (Å²) in [6.45, 7) is 1.43. The van der Waals surface area contributed by atoms with Crippen LogP contribution in [-0.4, -0.2) is 34.0 Å². The van der Waals surface area contributed by atoms with Crippen molar-refractivity contribution in [2.24, 2.45) is 0 Å². The molecule has 1 aliphatic heterocycles. The first kappa shape index (κ1) is 16.0. The zero-order valence-electron chi connectivity index (χ0n) is 13.7. The predicted octanol–water partition coefficient (Wildman–Crippen LogP) is 4.63. The highest BCUT2D eigenvalue weighted by Crippen LogP contribution is 2.27. The van der Waals surface area contributed by atoms with Crippen molar-refractivity contribution in [2.45, 2.75) is 18.8 Å². The molecule has 25 heavy (non-hydrogen) atoms. The average molecular weight is 355 g/mol. The number of halogens is 1. The Morgan fingerprint density at radius 2 is 2.00 bits per heavy atom. The number of aromatic amines is 1. The molecule has 3 aromatic rings. The maximum absolute atomic E-state index is 12.6. The first-order chi connectivity index (χ1) is 12.2. The van der Waals surface area contributed by atoms with E-state index >= 15 is 0 Å². The quantitative estimate of drug-likeness (QED) is 0.705. The Hall–Kier alpha value is -2.53. The molecule has 4 rings (SSSR count). The number of carbonyl (C=O) groups excluding carboxylic acids is 1. The molecule has 0 spiro atoms. The maximum Gasteiger partial charge on any atom is 0.321 e. The molecule has 1 aliphatic rings. The van der Waals surface area contributed by atoms with Crippen molar-refractivity contribution in [3.8, 4) is 0 Å². The molecule has 0 aliphatic carbocycles. The molecule has 2 amide bonds. The monoisotopic (exact) mass is 354 g/mol. The number of likely N-dealkylation sites (tertiary alicyclic amines) is 1. The number of rotatable bonds is 2. The van der Waals surface area contributed by atoms with Gasteiger partial charge in [0, 0.05) is 29.7 Å². The van der Waals surface area contributed by atoms with Crippen molar-refractivity contribution in [1.29, 1.82) is 0 Å². The fourth-order valence-corrected chi connectivity index (χ4v) is 3.41. The number of piperidine rings is 1. The van der Waals surface area contributed by atoms with E-state index in [0.29, 0.717) is 11.6 Å². The Balaban J connectivity index is 1.46. The Labute approximate surface area is 151 Å². The van der Waals surface area contributed by atoms with Crippen molar-refractivity contribution in [1.82, 2.24) is 14.9 Å². The van der Waals surface area contributed by atoms with Gasteiger partial charge in [-0.05, 0) is 49.2 Å². The molecule has 128 valence electrons. The van der Waals surface area contributed by atoms with E-state index < -0.39 is 0 Å². The van der Waals surface area contributed by atoms with Crippen molar-refractivity contribution in [3.05, 3.63) is 59.4 Å². The lowest BCUT2D eigenvalue weighted by Gasteiger charge is -2.31. The molecular formula is C19H19ClN4O. The largest absolute Gasteiger partial charge is 0.342 e. The highest BCUT2D eigenvalue weighted by molar-refractivity contribution is 6.30. The molecular weight excluding hydrogens is 336 g/mol. The standard InChI is InChI=1S/C19H19ClN4O/c20-14-7-9-15(10-8-14)21-19(25)24-11-3-4-13(12-24)18-22-16-5-1-2-6-17(16)23-18/h1-2,5-10,13H,3-4,11-12H2,(H,21,25)(H,22,23)/t13-/m0/s1. The SMILES string of the molecule is O=C(Nc1ccc(Cl)cc1)N1CCC[C@H](c2nc3ccccc3[nH]2)C1. The van der Waals surface area contributed by atoms with Crippen molar-refractivity contribution in [2.75, 3.05) is 18.4 Å².